The fourth-order valence-corrected chi connectivity index (χ4v) is 0.397. The van der Waals surface area contributed by atoms with E-state index in [1.807, 2.05) is 0 Å². The van der Waals surface area contributed by atoms with E-state index in [0.717, 1.165) is 0 Å². The van der Waals surface area contributed by atoms with E-state index in [4.69, 9.17) is 11.1 Å². The molecule has 1 aliphatic rings. The van der Waals surface area contributed by atoms with E-state index >= 15 is 0 Å². The second-order valence-corrected chi connectivity index (χ2v) is 1.31. The third kappa shape index (κ3) is 0.677. The minimum Gasteiger partial charge on any atom is -0.386 e. The zero-order valence-corrected chi connectivity index (χ0v) is 3.73. The van der Waals surface area contributed by atoms with Gasteiger partial charge in [-0.1, -0.05) is 0 Å². The van der Waals surface area contributed by atoms with Gasteiger partial charge in [0.2, 0.25) is 5.96 Å². The average Bonchev–Trinajstić information content (AvgIpc) is 1.87. The minimum atomic E-state index is 0.164. The van der Waals surface area contributed by atoms with Crippen molar-refractivity contribution < 1.29 is 0 Å². The number of hydrogen-bond acceptors (Lipinski definition) is 2. The maximum Gasteiger partial charge on any atom is 0.217 e. The summed E-state index contributed by atoms with van der Waals surface area (Å²) in [6.07, 6.45) is 0. The molecule has 1 aliphatic heterocycles. The van der Waals surface area contributed by atoms with Gasteiger partial charge >= 0.3 is 0 Å². The van der Waals surface area contributed by atoms with Gasteiger partial charge in [-0.15, -0.1) is 0 Å². The van der Waals surface area contributed by atoms with Crippen LogP contribution in [0.5, 0.6) is 0 Å². The molecule has 38 valence electrons. The largest absolute Gasteiger partial charge is 0.386 e. The van der Waals surface area contributed by atoms with Gasteiger partial charge in [-0.05, 0) is 0 Å². The molecule has 1 rings (SSSR count). The van der Waals surface area contributed by atoms with Gasteiger partial charge in [0.05, 0.1) is 6.54 Å². The maximum atomic E-state index is 6.80. The van der Waals surface area contributed by atoms with Crippen molar-refractivity contribution in [2.45, 2.75) is 0 Å². The lowest BCUT2D eigenvalue weighted by Gasteiger charge is -1.83. The molecule has 0 spiro atoms. The van der Waals surface area contributed by atoms with Crippen LogP contribution in [-0.4, -0.2) is 18.3 Å². The highest BCUT2D eigenvalue weighted by Crippen LogP contribution is 1.79. The van der Waals surface area contributed by atoms with E-state index in [1.54, 1.807) is 0 Å². The molecule has 0 aromatic carbocycles. The molecule has 7 heavy (non-hydrogen) atoms. The maximum absolute atomic E-state index is 6.80. The third-order valence-electron chi connectivity index (χ3n) is 0.692. The van der Waals surface area contributed by atoms with E-state index < -0.39 is 0 Å². The Balaban J connectivity index is 2.67. The summed E-state index contributed by atoms with van der Waals surface area (Å²) in [4.78, 5) is 3.56. The van der Waals surface area contributed by atoms with Crippen LogP contribution in [0.1, 0.15) is 0 Å². The Labute approximate surface area is 40.9 Å². The van der Waals surface area contributed by atoms with Crippen LogP contribution in [0.2, 0.25) is 0 Å². The van der Waals surface area contributed by atoms with E-state index in [-0.39, 0.29) is 5.96 Å². The summed E-state index contributed by atoms with van der Waals surface area (Å²) in [5, 5.41) is 9.42. The van der Waals surface area contributed by atoms with Gasteiger partial charge in [0.15, 0.2) is 0 Å². The molecule has 1 heterocycles. The van der Waals surface area contributed by atoms with Crippen molar-refractivity contribution in [2.24, 2.45) is 10.7 Å². The van der Waals surface area contributed by atoms with Crippen LogP contribution in [0.3, 0.4) is 0 Å². The number of nitrogens with one attached hydrogen (secondary N) is 2. The Kier molecular flexibility index (Phi) is 0.714. The molecule has 4 N–H and O–H groups in total. The molecule has 0 atom stereocenters. The molecule has 0 amide bonds. The highest BCUT2D eigenvalue weighted by Gasteiger charge is 2.02. The third-order valence-corrected chi connectivity index (χ3v) is 0.692. The van der Waals surface area contributed by atoms with Crippen molar-refractivity contribution in [3.05, 3.63) is 0 Å². The van der Waals surface area contributed by atoms with E-state index in [0.29, 0.717) is 12.4 Å². The topological polar surface area (TPSA) is 74.3 Å². The monoisotopic (exact) mass is 98.1 g/mol. The number of rotatable bonds is 0. The number of nitrogens with zero attached hydrogens (tertiary/aromatic N) is 1. The normalized spacial score (nSPS) is 18.9. The van der Waals surface area contributed by atoms with Gasteiger partial charge in [-0.2, -0.15) is 4.99 Å². The van der Waals surface area contributed by atoms with E-state index in [9.17, 15) is 0 Å². The standard InChI is InChI=1S/C3H6N4/c4-2-1-6-3(5)7-2/h1H2,(H4,4,5,6,7). The van der Waals surface area contributed by atoms with Gasteiger partial charge in [-0.25, -0.2) is 0 Å². The van der Waals surface area contributed by atoms with Crippen LogP contribution < -0.4 is 11.1 Å². The van der Waals surface area contributed by atoms with Crippen molar-refractivity contribution in [3.63, 3.8) is 0 Å². The van der Waals surface area contributed by atoms with Crippen molar-refractivity contribution >= 4 is 11.8 Å². The molecule has 0 saturated heterocycles. The predicted molar refractivity (Wildman–Crippen MR) is 27.4 cm³/mol. The molecule has 0 fully saturated rings. The van der Waals surface area contributed by atoms with Gasteiger partial charge < -0.3 is 11.1 Å². The summed E-state index contributed by atoms with van der Waals surface area (Å²) in [5.41, 5.74) is 5.17. The highest BCUT2D eigenvalue weighted by atomic mass is 15.2. The summed E-state index contributed by atoms with van der Waals surface area (Å²) in [6, 6.07) is 0. The number of aliphatic imine (C=N–C) groups is 1. The van der Waals surface area contributed by atoms with Crippen LogP contribution >= 0.6 is 0 Å². The molecule has 0 radical (unpaired) electrons. The first-order valence-electron chi connectivity index (χ1n) is 1.94. The molecular formula is C3H6N4. The molecule has 0 aromatic rings. The molecule has 0 unspecified atom stereocenters. The second kappa shape index (κ2) is 1.22. The molecule has 0 saturated carbocycles. The zero-order valence-electron chi connectivity index (χ0n) is 3.73. The van der Waals surface area contributed by atoms with Gasteiger partial charge in [0, 0.05) is 0 Å². The summed E-state index contributed by atoms with van der Waals surface area (Å²) < 4.78 is 0. The fraction of sp³-hybridized carbons (Fsp3) is 0.333. The molecule has 0 aliphatic carbocycles. The van der Waals surface area contributed by atoms with E-state index in [1.165, 1.54) is 0 Å². The lowest BCUT2D eigenvalue weighted by molar-refractivity contribution is 1.09. The highest BCUT2D eigenvalue weighted by molar-refractivity contribution is 6.01. The number of guanidine groups is 1. The van der Waals surface area contributed by atoms with Crippen LogP contribution in [0.15, 0.2) is 4.99 Å². The number of hydrogen-bond donors (Lipinski definition) is 3. The number of nitrogens with two attached hydrogens (primary N) is 1. The molecule has 0 aromatic heterocycles. The van der Waals surface area contributed by atoms with Gasteiger partial charge in [-0.3, -0.25) is 5.41 Å². The summed E-state index contributed by atoms with van der Waals surface area (Å²) in [6.45, 7) is 0.527. The molecule has 4 heteroatoms. The Morgan fingerprint density at radius 2 is 2.57 bits per heavy atom. The Morgan fingerprint density at radius 3 is 2.71 bits per heavy atom. The predicted octanol–water partition coefficient (Wildman–Crippen LogP) is -1.12. The van der Waals surface area contributed by atoms with Crippen molar-refractivity contribution in [2.75, 3.05) is 6.54 Å². The number of amidine groups is 1. The first-order chi connectivity index (χ1) is 3.29. The quantitative estimate of drug-likeness (QED) is 0.359. The Bertz CT molecular complexity index is 125. The van der Waals surface area contributed by atoms with Gasteiger partial charge in [0.1, 0.15) is 5.84 Å². The molecule has 4 nitrogen and oxygen atoms in total. The SMILES string of the molecule is N=C1N=C(N)CN1. The first-order valence-corrected chi connectivity index (χ1v) is 1.94. The first kappa shape index (κ1) is 4.11. The Morgan fingerprint density at radius 1 is 1.86 bits per heavy atom. The molecule has 0 bridgehead atoms. The molecular weight excluding hydrogens is 92.1 g/mol. The van der Waals surface area contributed by atoms with Crippen LogP contribution in [0.25, 0.3) is 0 Å². The zero-order chi connectivity index (χ0) is 5.28. The van der Waals surface area contributed by atoms with Crippen LogP contribution in [0.4, 0.5) is 0 Å². The smallest absolute Gasteiger partial charge is 0.217 e. The van der Waals surface area contributed by atoms with Gasteiger partial charge in [0.25, 0.3) is 0 Å². The van der Waals surface area contributed by atoms with Crippen LogP contribution in [0, 0.1) is 5.41 Å². The summed E-state index contributed by atoms with van der Waals surface area (Å²) in [7, 11) is 0. The lowest BCUT2D eigenvalue weighted by Crippen LogP contribution is -2.21. The lowest BCUT2D eigenvalue weighted by atomic mass is 10.6. The van der Waals surface area contributed by atoms with Crippen LogP contribution in [-0.2, 0) is 0 Å². The second-order valence-electron chi connectivity index (χ2n) is 1.31. The van der Waals surface area contributed by atoms with Crippen molar-refractivity contribution in [3.8, 4) is 0 Å². The average molecular weight is 98.1 g/mol. The van der Waals surface area contributed by atoms with E-state index in [2.05, 4.69) is 10.3 Å². The summed E-state index contributed by atoms with van der Waals surface area (Å²) >= 11 is 0. The summed E-state index contributed by atoms with van der Waals surface area (Å²) in [5.74, 6) is 0.655. The van der Waals surface area contributed by atoms with Crippen molar-refractivity contribution in [1.29, 1.82) is 5.41 Å². The fourth-order valence-electron chi connectivity index (χ4n) is 0.397. The minimum absolute atomic E-state index is 0.164. The Hall–Kier alpha value is -1.06. The van der Waals surface area contributed by atoms with Crippen molar-refractivity contribution in [1.82, 2.24) is 5.32 Å².